The van der Waals surface area contributed by atoms with E-state index in [-0.39, 0.29) is 51.1 Å². The topological polar surface area (TPSA) is 199 Å². The van der Waals surface area contributed by atoms with Gasteiger partial charge in [0.1, 0.15) is 0 Å². The molecule has 0 fully saturated rings. The molecule has 0 aromatic rings. The number of hydrogen-bond acceptors (Lipinski definition) is 12. The second-order valence-corrected chi connectivity index (χ2v) is 17.5. The van der Waals surface area contributed by atoms with Crippen LogP contribution in [0.25, 0.3) is 0 Å². The third-order valence-electron chi connectivity index (χ3n) is 9.82. The summed E-state index contributed by atoms with van der Waals surface area (Å²) < 4.78 is 62.5. The smallest absolute Gasteiger partial charge is 0.152 e. The predicted octanol–water partition coefficient (Wildman–Crippen LogP) is 4.32. The lowest BCUT2D eigenvalue weighted by atomic mass is 10.0. The molecule has 8 atom stereocenters. The summed E-state index contributed by atoms with van der Waals surface area (Å²) in [6.07, 6.45) is 10.4. The Morgan fingerprint density at radius 1 is 0.464 bits per heavy atom. The first-order valence-corrected chi connectivity index (χ1v) is 24.1. The van der Waals surface area contributed by atoms with Gasteiger partial charge in [0.25, 0.3) is 0 Å². The Bertz CT molecular complexity index is 845. The SMILES string of the molecule is CCCCC(CC)COCC(O)CN(CCCCCCN(CC(O)COCCCS(=O)O)CC(O)COCC(CC)CCCC)CC(O)COCCCS(=O)O. The molecule has 0 aliphatic heterocycles. The highest BCUT2D eigenvalue weighted by molar-refractivity contribution is 7.79. The van der Waals surface area contributed by atoms with Crippen molar-refractivity contribution in [2.24, 2.45) is 11.8 Å². The van der Waals surface area contributed by atoms with Crippen molar-refractivity contribution in [1.82, 2.24) is 9.80 Å². The van der Waals surface area contributed by atoms with Crippen LogP contribution in [-0.2, 0) is 41.1 Å². The van der Waals surface area contributed by atoms with Crippen molar-refractivity contribution < 1.29 is 56.9 Å². The van der Waals surface area contributed by atoms with Crippen molar-refractivity contribution >= 4 is 22.2 Å². The van der Waals surface area contributed by atoms with Gasteiger partial charge in [0, 0.05) is 52.6 Å². The van der Waals surface area contributed by atoms with Crippen molar-refractivity contribution in [3.63, 3.8) is 0 Å². The van der Waals surface area contributed by atoms with Crippen molar-refractivity contribution in [3.05, 3.63) is 0 Å². The fourth-order valence-electron chi connectivity index (χ4n) is 6.49. The average Bonchev–Trinajstić information content (AvgIpc) is 3.14. The van der Waals surface area contributed by atoms with Crippen molar-refractivity contribution in [2.75, 3.05) is 104 Å². The van der Waals surface area contributed by atoms with Gasteiger partial charge in [0.15, 0.2) is 22.2 Å². The highest BCUT2D eigenvalue weighted by atomic mass is 32.2. The number of unbranched alkanes of at least 4 members (excludes halogenated alkanes) is 5. The summed E-state index contributed by atoms with van der Waals surface area (Å²) in [5.41, 5.74) is 0. The second-order valence-electron chi connectivity index (χ2n) is 15.4. The third kappa shape index (κ3) is 35.7. The van der Waals surface area contributed by atoms with E-state index in [0.29, 0.717) is 77.2 Å². The number of aliphatic hydroxyl groups is 4. The Balaban J connectivity index is 5.09. The summed E-state index contributed by atoms with van der Waals surface area (Å²) in [5.74, 6) is 1.22. The van der Waals surface area contributed by atoms with E-state index in [9.17, 15) is 28.8 Å². The molecular formula is C40H84N2O12S2. The van der Waals surface area contributed by atoms with Crippen LogP contribution >= 0.6 is 0 Å². The summed E-state index contributed by atoms with van der Waals surface area (Å²) in [4.78, 5) is 4.09. The zero-order valence-electron chi connectivity index (χ0n) is 35.5. The lowest BCUT2D eigenvalue weighted by Crippen LogP contribution is -2.42. The average molecular weight is 849 g/mol. The maximum absolute atomic E-state index is 10.9. The first-order valence-electron chi connectivity index (χ1n) is 21.6. The predicted molar refractivity (Wildman–Crippen MR) is 226 cm³/mol. The molecule has 0 aliphatic carbocycles. The van der Waals surface area contributed by atoms with Crippen molar-refractivity contribution in [3.8, 4) is 0 Å². The standard InChI is InChI=1S/C40H84N2O12S2/c1-5-9-17-35(7-3)29-53-33-39(45)27-41(25-37(43)31-51-21-15-23-55(47)48)19-13-11-12-14-20-42(26-38(44)32-52-22-16-24-56(49)50)28-40(46)34-54-30-36(8-4)18-10-6-2/h35-40,43-46H,5-34H2,1-4H3,(H,47,48)(H,49,50). The first-order chi connectivity index (χ1) is 26.9. The van der Waals surface area contributed by atoms with Crippen LogP contribution in [0.4, 0.5) is 0 Å². The van der Waals surface area contributed by atoms with Gasteiger partial charge in [-0.1, -0.05) is 79.1 Å². The molecule has 0 saturated carbocycles. The molecule has 0 heterocycles. The molecule has 0 radical (unpaired) electrons. The Hall–Kier alpha value is -0.180. The van der Waals surface area contributed by atoms with Crippen molar-refractivity contribution in [2.45, 2.75) is 142 Å². The van der Waals surface area contributed by atoms with E-state index in [1.807, 2.05) is 9.80 Å². The maximum atomic E-state index is 10.9. The van der Waals surface area contributed by atoms with Gasteiger partial charge in [-0.15, -0.1) is 0 Å². The highest BCUT2D eigenvalue weighted by Crippen LogP contribution is 2.15. The van der Waals surface area contributed by atoms with Gasteiger partial charge < -0.3 is 48.5 Å². The first kappa shape index (κ1) is 55.8. The normalized spacial score (nSPS) is 16.6. The van der Waals surface area contributed by atoms with Crippen LogP contribution in [0.1, 0.15) is 118 Å². The maximum Gasteiger partial charge on any atom is 0.152 e. The van der Waals surface area contributed by atoms with E-state index < -0.39 is 46.6 Å². The van der Waals surface area contributed by atoms with Crippen LogP contribution in [-0.4, -0.2) is 176 Å². The molecule has 16 heteroatoms. The second kappa shape index (κ2) is 39.0. The van der Waals surface area contributed by atoms with E-state index in [2.05, 4.69) is 27.7 Å². The van der Waals surface area contributed by atoms with Crippen molar-refractivity contribution in [1.29, 1.82) is 0 Å². The minimum atomic E-state index is -1.87. The van der Waals surface area contributed by atoms with Gasteiger partial charge >= 0.3 is 0 Å². The van der Waals surface area contributed by atoms with E-state index in [4.69, 9.17) is 28.1 Å². The van der Waals surface area contributed by atoms with E-state index in [0.717, 1.165) is 64.2 Å². The Labute approximate surface area is 345 Å². The molecule has 0 aromatic heterocycles. The van der Waals surface area contributed by atoms with Gasteiger partial charge in [-0.3, -0.25) is 9.80 Å². The minimum Gasteiger partial charge on any atom is -0.389 e. The lowest BCUT2D eigenvalue weighted by Gasteiger charge is -2.28. The number of hydrogen-bond donors (Lipinski definition) is 6. The van der Waals surface area contributed by atoms with Crippen LogP contribution in [0.5, 0.6) is 0 Å². The van der Waals surface area contributed by atoms with Crippen LogP contribution in [0.2, 0.25) is 0 Å². The molecule has 0 bridgehead atoms. The molecule has 56 heavy (non-hydrogen) atoms. The zero-order chi connectivity index (χ0) is 41.8. The molecule has 0 rings (SSSR count). The van der Waals surface area contributed by atoms with E-state index in [1.54, 1.807) is 0 Å². The van der Waals surface area contributed by atoms with E-state index in [1.165, 1.54) is 12.8 Å². The molecule has 0 aromatic carbocycles. The Morgan fingerprint density at radius 2 is 0.804 bits per heavy atom. The van der Waals surface area contributed by atoms with Crippen LogP contribution in [0, 0.1) is 11.8 Å². The molecule has 0 amide bonds. The fourth-order valence-corrected chi connectivity index (χ4v) is 7.22. The summed E-state index contributed by atoms with van der Waals surface area (Å²) in [5, 5.41) is 43.1. The van der Waals surface area contributed by atoms with Gasteiger partial charge in [-0.25, -0.2) is 8.42 Å². The molecule has 6 N–H and O–H groups in total. The molecule has 0 aliphatic rings. The Morgan fingerprint density at radius 3 is 1.11 bits per heavy atom. The van der Waals surface area contributed by atoms with E-state index >= 15 is 0 Å². The summed E-state index contributed by atoms with van der Waals surface area (Å²) in [7, 11) is 0. The molecule has 0 saturated heterocycles. The number of ether oxygens (including phenoxy) is 4. The van der Waals surface area contributed by atoms with Gasteiger partial charge in [0.2, 0.25) is 0 Å². The minimum absolute atomic E-state index is 0.0992. The Kier molecular flexibility index (Phi) is 38.9. The summed E-state index contributed by atoms with van der Waals surface area (Å²) in [6, 6.07) is 0. The lowest BCUT2D eigenvalue weighted by molar-refractivity contribution is -0.0170. The molecule has 0 spiro atoms. The molecular weight excluding hydrogens is 765 g/mol. The molecule has 14 nitrogen and oxygen atoms in total. The fraction of sp³-hybridized carbons (Fsp3) is 1.00. The molecule has 8 unspecified atom stereocenters. The van der Waals surface area contributed by atoms with Crippen LogP contribution in [0.3, 0.4) is 0 Å². The third-order valence-corrected chi connectivity index (χ3v) is 11.1. The highest BCUT2D eigenvalue weighted by Gasteiger charge is 2.19. The summed E-state index contributed by atoms with van der Waals surface area (Å²) >= 11 is -3.73. The number of aliphatic hydroxyl groups excluding tert-OH is 4. The van der Waals surface area contributed by atoms with Crippen LogP contribution < -0.4 is 0 Å². The number of rotatable bonds is 43. The molecule has 338 valence electrons. The van der Waals surface area contributed by atoms with Crippen LogP contribution in [0.15, 0.2) is 0 Å². The number of nitrogens with zero attached hydrogens (tertiary/aromatic N) is 2. The summed E-state index contributed by atoms with van der Waals surface area (Å²) in [6.45, 7) is 13.9. The quantitative estimate of drug-likeness (QED) is 0.0375. The zero-order valence-corrected chi connectivity index (χ0v) is 37.2. The van der Waals surface area contributed by atoms with Gasteiger partial charge in [0.05, 0.1) is 62.3 Å². The van der Waals surface area contributed by atoms with Gasteiger partial charge in [-0.05, 0) is 63.5 Å². The van der Waals surface area contributed by atoms with Gasteiger partial charge in [-0.2, -0.15) is 0 Å². The monoisotopic (exact) mass is 849 g/mol. The largest absolute Gasteiger partial charge is 0.389 e.